The Kier molecular flexibility index (Phi) is 7.65. The molecule has 0 atom stereocenters. The zero-order valence-corrected chi connectivity index (χ0v) is 11.6. The van der Waals surface area contributed by atoms with Gasteiger partial charge >= 0.3 is 39.6 Å². The molecule has 0 saturated heterocycles. The molecule has 4 nitrogen and oxygen atoms in total. The van der Waals surface area contributed by atoms with Gasteiger partial charge in [0.15, 0.2) is 5.84 Å². The van der Waals surface area contributed by atoms with Crippen LogP contribution in [-0.4, -0.2) is 11.0 Å². The maximum atomic E-state index is 13.0. The van der Waals surface area contributed by atoms with E-state index in [9.17, 15) is 8.78 Å². The number of hydrogen-bond donors (Lipinski definition) is 3. The molecule has 9 heteroatoms. The van der Waals surface area contributed by atoms with Crippen LogP contribution in [-0.2, 0) is 11.3 Å². The van der Waals surface area contributed by atoms with Gasteiger partial charge in [0.2, 0.25) is 0 Å². The van der Waals surface area contributed by atoms with Gasteiger partial charge in [-0.3, -0.25) is 0 Å². The summed E-state index contributed by atoms with van der Waals surface area (Å²) in [5.41, 5.74) is 9.52. The van der Waals surface area contributed by atoms with Crippen LogP contribution in [0.3, 0.4) is 0 Å². The third-order valence-electron chi connectivity index (χ3n) is 1.43. The summed E-state index contributed by atoms with van der Waals surface area (Å²) in [6.07, 6.45) is 0. The minimum atomic E-state index is -0.965. The number of hydrogen-bond acceptors (Lipinski definition) is 3. The van der Waals surface area contributed by atoms with E-state index >= 15 is 0 Å². The van der Waals surface area contributed by atoms with Crippen LogP contribution in [0.15, 0.2) is 17.3 Å². The van der Waals surface area contributed by atoms with Gasteiger partial charge in [-0.2, -0.15) is 0 Å². The molecule has 0 amide bonds. The van der Waals surface area contributed by atoms with Crippen LogP contribution >= 0.6 is 28.2 Å². The van der Waals surface area contributed by atoms with Gasteiger partial charge in [-0.25, -0.2) is 8.78 Å². The normalized spacial score (nSPS) is 10.9. The molecule has 95 valence electrons. The number of anilines is 1. The van der Waals surface area contributed by atoms with Crippen LogP contribution in [0.1, 0.15) is 5.56 Å². The summed E-state index contributed by atoms with van der Waals surface area (Å²) in [5.74, 6) is -2.56. The van der Waals surface area contributed by atoms with Crippen molar-refractivity contribution in [3.8, 4) is 0 Å². The van der Waals surface area contributed by atoms with E-state index in [4.69, 9.17) is 16.7 Å². The Morgan fingerprint density at radius 3 is 2.00 bits per heavy atom. The Balaban J connectivity index is 0.000000673. The van der Waals surface area contributed by atoms with E-state index in [-0.39, 0.29) is 5.69 Å². The van der Waals surface area contributed by atoms with E-state index in [0.717, 1.165) is 12.1 Å². The van der Waals surface area contributed by atoms with Crippen LogP contribution in [0, 0.1) is 11.6 Å². The molecule has 1 rings (SSSR count). The molecular formula is C7H7Br2CuF2N3O. The van der Waals surface area contributed by atoms with E-state index in [1.807, 2.05) is 0 Å². The molecule has 0 fully saturated rings. The number of amidine groups is 1. The standard InChI is InChI=1S/C7H7F2N3O.2BrH.Cu/c8-4-1-3(10)2-5(9)6(4)7(11)12-13;;;/h1-2,13H,10H2,(H2,11,12);2*1H;/q;;;+2/p-2. The zero-order valence-electron chi connectivity index (χ0n) is 7.52. The number of oxime groups is 1. The van der Waals surface area contributed by atoms with Crippen molar-refractivity contribution in [3.63, 3.8) is 0 Å². The van der Waals surface area contributed by atoms with Crippen molar-refractivity contribution in [1.82, 2.24) is 0 Å². The van der Waals surface area contributed by atoms with E-state index in [1.165, 1.54) is 11.3 Å². The SMILES string of the molecule is NC(=NO)c1c(F)cc(N)cc1F.[Br][Cu][Br]. The maximum absolute atomic E-state index is 13.0. The summed E-state index contributed by atoms with van der Waals surface area (Å²) in [7, 11) is 0. The fourth-order valence-corrected chi connectivity index (χ4v) is 0.887. The van der Waals surface area contributed by atoms with Gasteiger partial charge in [-0.1, -0.05) is 5.16 Å². The molecule has 1 aromatic carbocycles. The van der Waals surface area contributed by atoms with Gasteiger partial charge in [0.1, 0.15) is 11.6 Å². The Labute approximate surface area is 111 Å². The summed E-state index contributed by atoms with van der Waals surface area (Å²) >= 11 is 7.38. The topological polar surface area (TPSA) is 84.6 Å². The van der Waals surface area contributed by atoms with E-state index in [1.54, 1.807) is 0 Å². The Bertz CT molecular complexity index is 369. The summed E-state index contributed by atoms with van der Waals surface area (Å²) < 4.78 is 25.9. The molecule has 0 aliphatic carbocycles. The first-order valence-electron chi connectivity index (χ1n) is 3.51. The molecule has 0 spiro atoms. The quantitative estimate of drug-likeness (QED) is 0.166. The van der Waals surface area contributed by atoms with Crippen molar-refractivity contribution < 1.29 is 25.3 Å². The van der Waals surface area contributed by atoms with Crippen molar-refractivity contribution in [2.75, 3.05) is 5.73 Å². The second-order valence-corrected chi connectivity index (χ2v) is 7.14. The average Bonchev–Trinajstić information content (AvgIpc) is 2.17. The molecular weight excluding hydrogens is 403 g/mol. The number of nitrogen functional groups attached to an aromatic ring is 1. The second-order valence-electron chi connectivity index (χ2n) is 2.39. The van der Waals surface area contributed by atoms with Gasteiger partial charge in [-0.15, -0.1) is 0 Å². The van der Waals surface area contributed by atoms with Crippen molar-refractivity contribution in [2.24, 2.45) is 10.9 Å². The molecule has 0 radical (unpaired) electrons. The number of nitrogens with zero attached hydrogens (tertiary/aromatic N) is 1. The van der Waals surface area contributed by atoms with Crippen LogP contribution < -0.4 is 11.5 Å². The number of halogens is 4. The van der Waals surface area contributed by atoms with Gasteiger partial charge in [0.05, 0.1) is 5.56 Å². The molecule has 0 aliphatic rings. The third kappa shape index (κ3) is 4.65. The van der Waals surface area contributed by atoms with Crippen molar-refractivity contribution in [2.45, 2.75) is 0 Å². The van der Waals surface area contributed by atoms with Gasteiger partial charge in [0.25, 0.3) is 0 Å². The monoisotopic (exact) mass is 408 g/mol. The Hall–Kier alpha value is -0.371. The van der Waals surface area contributed by atoms with E-state index in [2.05, 4.69) is 33.4 Å². The Morgan fingerprint density at radius 2 is 1.69 bits per heavy atom. The van der Waals surface area contributed by atoms with Crippen LogP contribution in [0.25, 0.3) is 0 Å². The molecule has 0 aliphatic heterocycles. The molecule has 16 heavy (non-hydrogen) atoms. The van der Waals surface area contributed by atoms with Crippen molar-refractivity contribution in [1.29, 1.82) is 0 Å². The molecule has 1 aromatic rings. The molecule has 0 heterocycles. The third-order valence-corrected chi connectivity index (χ3v) is 1.43. The first-order valence-corrected chi connectivity index (χ1v) is 8.17. The van der Waals surface area contributed by atoms with Crippen molar-refractivity contribution >= 4 is 39.7 Å². The van der Waals surface area contributed by atoms with E-state index in [0.29, 0.717) is 0 Å². The van der Waals surface area contributed by atoms with Crippen LogP contribution in [0.5, 0.6) is 0 Å². The van der Waals surface area contributed by atoms with Crippen molar-refractivity contribution in [3.05, 3.63) is 29.3 Å². The molecule has 0 bridgehead atoms. The fourth-order valence-electron chi connectivity index (χ4n) is 0.887. The number of nitrogens with two attached hydrogens (primary N) is 2. The predicted octanol–water partition coefficient (Wildman–Crippen LogP) is 2.33. The number of rotatable bonds is 1. The predicted molar refractivity (Wildman–Crippen MR) is 61.1 cm³/mol. The fraction of sp³-hybridized carbons (Fsp3) is 0. The summed E-state index contributed by atoms with van der Waals surface area (Å²) in [6.45, 7) is 0. The van der Waals surface area contributed by atoms with Crippen LogP contribution in [0.4, 0.5) is 14.5 Å². The number of benzene rings is 1. The summed E-state index contributed by atoms with van der Waals surface area (Å²) in [4.78, 5) is 0. The van der Waals surface area contributed by atoms with Crippen LogP contribution in [0.2, 0.25) is 0 Å². The minimum absolute atomic E-state index is 0.0653. The Morgan fingerprint density at radius 1 is 1.31 bits per heavy atom. The molecule has 5 N–H and O–H groups in total. The molecule has 0 unspecified atom stereocenters. The van der Waals surface area contributed by atoms with Gasteiger partial charge < -0.3 is 16.7 Å². The van der Waals surface area contributed by atoms with Gasteiger partial charge in [-0.05, 0) is 12.1 Å². The van der Waals surface area contributed by atoms with E-state index < -0.39 is 23.0 Å². The zero-order chi connectivity index (χ0) is 12.7. The van der Waals surface area contributed by atoms with Gasteiger partial charge in [0, 0.05) is 5.69 Å². The molecule has 0 saturated carbocycles. The average molecular weight is 411 g/mol. The summed E-state index contributed by atoms with van der Waals surface area (Å²) in [6, 6.07) is 1.77. The molecule has 0 aromatic heterocycles. The first kappa shape index (κ1) is 15.6. The first-order chi connectivity index (χ1) is 7.47. The second kappa shape index (κ2) is 7.83. The summed E-state index contributed by atoms with van der Waals surface area (Å²) in [5, 5.41) is 10.7.